The van der Waals surface area contributed by atoms with Gasteiger partial charge in [0.25, 0.3) is 0 Å². The first kappa shape index (κ1) is 17.9. The number of carbonyl (C=O) groups excluding carboxylic acids is 1. The zero-order valence-electron chi connectivity index (χ0n) is 15.0. The molecule has 0 bridgehead atoms. The fourth-order valence-electron chi connectivity index (χ4n) is 2.80. The standard InChI is InChI=1S/C23H17N3OS/c27-20(17-10-4-1-5-11-17)16-24-23-25-21(18-12-6-2-7-13-18)22(26-28-23)19-14-8-3-9-15-19/h1-15H,16H2. The van der Waals surface area contributed by atoms with Gasteiger partial charge in [0.15, 0.2) is 5.78 Å². The van der Waals surface area contributed by atoms with Crippen LogP contribution in [0, 0.1) is 0 Å². The number of Topliss-reactive ketones (excluding diaryl/α,β-unsaturated/α-hetero) is 1. The Labute approximate surface area is 167 Å². The lowest BCUT2D eigenvalue weighted by molar-refractivity contribution is 0.100. The van der Waals surface area contributed by atoms with Crippen molar-refractivity contribution in [2.24, 2.45) is 4.99 Å². The molecule has 0 atom stereocenters. The summed E-state index contributed by atoms with van der Waals surface area (Å²) in [5.74, 6) is -0.0389. The molecule has 136 valence electrons. The van der Waals surface area contributed by atoms with Crippen LogP contribution in [0.2, 0.25) is 0 Å². The molecule has 0 N–H and O–H groups in total. The monoisotopic (exact) mass is 383 g/mol. The highest BCUT2D eigenvalue weighted by Crippen LogP contribution is 2.27. The molecule has 0 radical (unpaired) electrons. The molecule has 0 amide bonds. The number of nitrogens with zero attached hydrogens (tertiary/aromatic N) is 3. The highest BCUT2D eigenvalue weighted by atomic mass is 32.1. The average Bonchev–Trinajstić information content (AvgIpc) is 2.79. The van der Waals surface area contributed by atoms with Crippen molar-refractivity contribution in [3.63, 3.8) is 0 Å². The van der Waals surface area contributed by atoms with E-state index in [0.717, 1.165) is 22.5 Å². The van der Waals surface area contributed by atoms with E-state index in [1.807, 2.05) is 78.9 Å². The van der Waals surface area contributed by atoms with Gasteiger partial charge in [0.05, 0.1) is 0 Å². The molecule has 28 heavy (non-hydrogen) atoms. The van der Waals surface area contributed by atoms with Crippen LogP contribution < -0.4 is 4.80 Å². The van der Waals surface area contributed by atoms with E-state index in [-0.39, 0.29) is 12.3 Å². The number of aromatic nitrogens is 2. The van der Waals surface area contributed by atoms with Gasteiger partial charge in [0.1, 0.15) is 17.9 Å². The van der Waals surface area contributed by atoms with Crippen LogP contribution in [-0.4, -0.2) is 21.7 Å². The quantitative estimate of drug-likeness (QED) is 0.471. The molecule has 0 aliphatic heterocycles. The fourth-order valence-corrected chi connectivity index (χ4v) is 3.42. The van der Waals surface area contributed by atoms with Crippen LogP contribution in [0.4, 0.5) is 0 Å². The van der Waals surface area contributed by atoms with Crippen LogP contribution >= 0.6 is 11.5 Å². The molecule has 0 aliphatic carbocycles. The molecule has 0 saturated heterocycles. The lowest BCUT2D eigenvalue weighted by Crippen LogP contribution is -2.12. The maximum atomic E-state index is 12.3. The first-order valence-electron chi connectivity index (χ1n) is 8.89. The maximum absolute atomic E-state index is 12.3. The summed E-state index contributed by atoms with van der Waals surface area (Å²) in [5.41, 5.74) is 4.18. The van der Waals surface area contributed by atoms with Crippen LogP contribution in [0.15, 0.2) is 96.0 Å². The molecule has 4 rings (SSSR count). The first-order valence-corrected chi connectivity index (χ1v) is 9.66. The van der Waals surface area contributed by atoms with Gasteiger partial charge < -0.3 is 0 Å². The summed E-state index contributed by atoms with van der Waals surface area (Å²) in [6.07, 6.45) is 0. The largest absolute Gasteiger partial charge is 0.292 e. The molecule has 0 spiro atoms. The summed E-state index contributed by atoms with van der Waals surface area (Å²) in [5, 5.41) is 0. The van der Waals surface area contributed by atoms with Crippen molar-refractivity contribution in [3.8, 4) is 22.5 Å². The minimum atomic E-state index is -0.0389. The van der Waals surface area contributed by atoms with Gasteiger partial charge >= 0.3 is 0 Å². The van der Waals surface area contributed by atoms with Crippen LogP contribution in [0.5, 0.6) is 0 Å². The molecule has 3 aromatic carbocycles. The molecule has 0 aliphatic rings. The molecule has 5 heteroatoms. The topological polar surface area (TPSA) is 55.2 Å². The smallest absolute Gasteiger partial charge is 0.223 e. The Morgan fingerprint density at radius 1 is 0.750 bits per heavy atom. The fraction of sp³-hybridized carbons (Fsp3) is 0.0435. The van der Waals surface area contributed by atoms with Crippen molar-refractivity contribution in [3.05, 3.63) is 101 Å². The Bertz CT molecular complexity index is 1140. The Morgan fingerprint density at radius 2 is 1.29 bits per heavy atom. The number of rotatable bonds is 5. The molecule has 1 heterocycles. The van der Waals surface area contributed by atoms with Crippen molar-refractivity contribution in [2.45, 2.75) is 0 Å². The van der Waals surface area contributed by atoms with E-state index < -0.39 is 0 Å². The van der Waals surface area contributed by atoms with Crippen molar-refractivity contribution in [1.82, 2.24) is 9.36 Å². The van der Waals surface area contributed by atoms with Crippen molar-refractivity contribution in [1.29, 1.82) is 0 Å². The molecular weight excluding hydrogens is 366 g/mol. The molecule has 4 aromatic rings. The third-order valence-electron chi connectivity index (χ3n) is 4.20. The third-order valence-corrected chi connectivity index (χ3v) is 4.86. The highest BCUT2D eigenvalue weighted by Gasteiger charge is 2.11. The van der Waals surface area contributed by atoms with Crippen LogP contribution in [-0.2, 0) is 0 Å². The van der Waals surface area contributed by atoms with E-state index in [2.05, 4.69) is 9.37 Å². The Hall–Kier alpha value is -3.44. The van der Waals surface area contributed by atoms with Gasteiger partial charge in [-0.05, 0) is 0 Å². The van der Waals surface area contributed by atoms with Crippen molar-refractivity contribution in [2.75, 3.05) is 6.54 Å². The molecule has 0 saturated carbocycles. The van der Waals surface area contributed by atoms with E-state index >= 15 is 0 Å². The van der Waals surface area contributed by atoms with Crippen LogP contribution in [0.3, 0.4) is 0 Å². The van der Waals surface area contributed by atoms with Gasteiger partial charge in [-0.15, -0.1) is 0 Å². The van der Waals surface area contributed by atoms with Gasteiger partial charge in [0, 0.05) is 28.2 Å². The molecule has 0 unspecified atom stereocenters. The normalized spacial score (nSPS) is 11.4. The Kier molecular flexibility index (Phi) is 5.45. The minimum Gasteiger partial charge on any atom is -0.292 e. The molecule has 4 nitrogen and oxygen atoms in total. The van der Waals surface area contributed by atoms with E-state index in [1.165, 1.54) is 11.5 Å². The minimum absolute atomic E-state index is 0.0389. The summed E-state index contributed by atoms with van der Waals surface area (Å²) in [6, 6.07) is 29.0. The Balaban J connectivity index is 1.73. The van der Waals surface area contributed by atoms with Crippen LogP contribution in [0.25, 0.3) is 22.5 Å². The molecule has 0 fully saturated rings. The number of hydrogen-bond acceptors (Lipinski definition) is 5. The molecular formula is C23H17N3OS. The first-order chi connectivity index (χ1) is 13.8. The van der Waals surface area contributed by atoms with Gasteiger partial charge in [0.2, 0.25) is 4.80 Å². The summed E-state index contributed by atoms with van der Waals surface area (Å²) in [7, 11) is 0. The zero-order chi connectivity index (χ0) is 19.2. The lowest BCUT2D eigenvalue weighted by atomic mass is 10.1. The predicted molar refractivity (Wildman–Crippen MR) is 112 cm³/mol. The second-order valence-electron chi connectivity index (χ2n) is 6.11. The van der Waals surface area contributed by atoms with E-state index in [4.69, 9.17) is 4.98 Å². The second-order valence-corrected chi connectivity index (χ2v) is 6.84. The van der Waals surface area contributed by atoms with Gasteiger partial charge in [-0.25, -0.2) is 9.98 Å². The van der Waals surface area contributed by atoms with Gasteiger partial charge in [-0.3, -0.25) is 4.79 Å². The van der Waals surface area contributed by atoms with Gasteiger partial charge in [-0.1, -0.05) is 91.0 Å². The Morgan fingerprint density at radius 3 is 1.89 bits per heavy atom. The predicted octanol–water partition coefficient (Wildman–Crippen LogP) is 4.66. The SMILES string of the molecule is O=C(CN=c1nc(-c2ccccc2)c(-c2ccccc2)ns1)c1ccccc1. The van der Waals surface area contributed by atoms with Crippen molar-refractivity contribution < 1.29 is 4.79 Å². The van der Waals surface area contributed by atoms with Crippen LogP contribution in [0.1, 0.15) is 10.4 Å². The summed E-state index contributed by atoms with van der Waals surface area (Å²) in [6.45, 7) is 0.0497. The number of hydrogen-bond donors (Lipinski definition) is 0. The summed E-state index contributed by atoms with van der Waals surface area (Å²) >= 11 is 1.20. The average molecular weight is 383 g/mol. The maximum Gasteiger partial charge on any atom is 0.223 e. The highest BCUT2D eigenvalue weighted by molar-refractivity contribution is 7.02. The second kappa shape index (κ2) is 8.50. The van der Waals surface area contributed by atoms with Crippen molar-refractivity contribution >= 4 is 17.3 Å². The molecule has 1 aromatic heterocycles. The number of benzene rings is 3. The number of carbonyl (C=O) groups is 1. The summed E-state index contributed by atoms with van der Waals surface area (Å²) < 4.78 is 4.65. The van der Waals surface area contributed by atoms with Gasteiger partial charge in [-0.2, -0.15) is 4.37 Å². The zero-order valence-corrected chi connectivity index (χ0v) is 15.8. The summed E-state index contributed by atoms with van der Waals surface area (Å²) in [4.78, 5) is 21.9. The van der Waals surface area contributed by atoms with E-state index in [9.17, 15) is 4.79 Å². The number of ketones is 1. The third kappa shape index (κ3) is 4.10. The van der Waals surface area contributed by atoms with E-state index in [0.29, 0.717) is 10.4 Å². The van der Waals surface area contributed by atoms with E-state index in [1.54, 1.807) is 12.1 Å². The lowest BCUT2D eigenvalue weighted by Gasteiger charge is -2.07.